The molecule has 6 aliphatic rings. The number of benzene rings is 4. The van der Waals surface area contributed by atoms with E-state index in [1.807, 2.05) is 0 Å². The van der Waals surface area contributed by atoms with Crippen molar-refractivity contribution >= 4 is 98.9 Å². The molecule has 0 bridgehead atoms. The van der Waals surface area contributed by atoms with E-state index in [0.717, 1.165) is 10.6 Å². The zero-order valence-corrected chi connectivity index (χ0v) is 62.0. The Kier molecular flexibility index (Phi) is 21.5. The number of halogens is 6. The van der Waals surface area contributed by atoms with Crippen molar-refractivity contribution in [2.75, 3.05) is 89.5 Å². The summed E-state index contributed by atoms with van der Waals surface area (Å²) in [7, 11) is 2.55. The highest BCUT2D eigenvalue weighted by Crippen LogP contribution is 2.41. The molecule has 10 heterocycles. The number of fused-ring (bicyclic) bond motifs is 2. The number of hydrogen-bond acceptors (Lipinski definition) is 21. The summed E-state index contributed by atoms with van der Waals surface area (Å²) in [5, 5.41) is 31.1. The number of piperazine rings is 2. The molecule has 14 rings (SSSR count). The van der Waals surface area contributed by atoms with Crippen molar-refractivity contribution in [3.8, 4) is 17.3 Å². The van der Waals surface area contributed by atoms with E-state index in [2.05, 4.69) is 42.0 Å². The third-order valence-electron chi connectivity index (χ3n) is 19.8. The Hall–Kier alpha value is -10.8. The summed E-state index contributed by atoms with van der Waals surface area (Å²) in [6, 6.07) is 19.5. The number of carboxylic acid groups (broad SMARTS) is 1. The number of carboxylic acids is 1. The van der Waals surface area contributed by atoms with Crippen LogP contribution in [0.1, 0.15) is 72.0 Å². The molecule has 33 heteroatoms. The van der Waals surface area contributed by atoms with Crippen LogP contribution in [0, 0.1) is 23.3 Å². The van der Waals surface area contributed by atoms with Crippen LogP contribution in [0.25, 0.3) is 5.69 Å². The largest absolute Gasteiger partial charge is 0.512 e. The van der Waals surface area contributed by atoms with Gasteiger partial charge in [-0.2, -0.15) is 0 Å². The van der Waals surface area contributed by atoms with E-state index in [-0.39, 0.29) is 93.6 Å². The predicted molar refractivity (Wildman–Crippen MR) is 397 cm³/mol. The quantitative estimate of drug-likeness (QED) is 0.0332. The van der Waals surface area contributed by atoms with Gasteiger partial charge >= 0.3 is 30.0 Å². The van der Waals surface area contributed by atoms with Crippen LogP contribution in [-0.4, -0.2) is 183 Å². The summed E-state index contributed by atoms with van der Waals surface area (Å²) in [5.41, 5.74) is 1.36. The van der Waals surface area contributed by atoms with Gasteiger partial charge in [0.15, 0.2) is 33.3 Å². The van der Waals surface area contributed by atoms with E-state index < -0.39 is 69.6 Å². The first-order chi connectivity index (χ1) is 51.6. The van der Waals surface area contributed by atoms with Gasteiger partial charge in [0.25, 0.3) is 5.56 Å². The van der Waals surface area contributed by atoms with Crippen molar-refractivity contribution < 1.29 is 66.0 Å². The zero-order chi connectivity index (χ0) is 76.8. The summed E-state index contributed by atoms with van der Waals surface area (Å²) in [6.45, 7) is 13.9. The normalized spacial score (nSPS) is 19.0. The van der Waals surface area contributed by atoms with Crippen molar-refractivity contribution in [3.63, 3.8) is 0 Å². The fourth-order valence-electron chi connectivity index (χ4n) is 13.5. The van der Waals surface area contributed by atoms with Crippen LogP contribution in [0.15, 0.2) is 182 Å². The maximum atomic E-state index is 15.5. The van der Waals surface area contributed by atoms with Crippen molar-refractivity contribution in [2.45, 2.75) is 62.7 Å². The molecule has 108 heavy (non-hydrogen) atoms. The number of nitrogens with zero attached hydrogens (tertiary/aromatic N) is 12. The first kappa shape index (κ1) is 75.4. The maximum absolute atomic E-state index is 15.5. The highest BCUT2D eigenvalue weighted by atomic mass is 35.5. The smallest absolute Gasteiger partial charge is 0.338 e. The number of amidine groups is 2. The van der Waals surface area contributed by atoms with Crippen molar-refractivity contribution in [3.05, 3.63) is 243 Å². The van der Waals surface area contributed by atoms with Gasteiger partial charge in [-0.25, -0.2) is 51.7 Å². The lowest BCUT2D eigenvalue weighted by atomic mass is 9.83. The molecular formula is C75H70Cl2F4N14O11S2. The number of allylic oxidation sites excluding steroid dienone is 1. The van der Waals surface area contributed by atoms with Gasteiger partial charge in [0.05, 0.1) is 71.9 Å². The van der Waals surface area contributed by atoms with Gasteiger partial charge in [0.1, 0.15) is 29.5 Å². The van der Waals surface area contributed by atoms with Gasteiger partial charge in [-0.1, -0.05) is 54.0 Å². The second-order valence-electron chi connectivity index (χ2n) is 27.1. The standard InChI is InChI=1S/C38H36ClF2N7O5S.C37H34ClF2N7O6S/c1-21(49)38(2,3)22-5-9-30(28(41)15-22)48-18-24(7-10-31(48)50)47-19-25-17-45(12-13-46(25)37(47)52)20-29-32(36(51)53-4)33(26-8-6-23(40)16-27(26)39)44-34(43-29)35-42-11-14-54-35;1-37(2,35(49)50)20-4-8-28(26(40)14-20)53-29-9-6-22(16-42-29)47-18-23-17-45(11-12-46(23)36(47)51)19-27-30(34(48)52-3)31(24-7-5-21(39)15-25(24)38)44-32(43-27)33-41-10-13-54-33/h5-11,14-16,18,25,33,49H,1,12-13,17,19-20H2,2-4H3,(H,43,44);4-10,13-16,23,31H,11-12,17-19H2,1-3H3,(H,43,44)(H,49,50)/t25-,33-;23-,31-/m00/s1. The van der Waals surface area contributed by atoms with Crippen LogP contribution in [0.3, 0.4) is 0 Å². The second kappa shape index (κ2) is 30.8. The molecule has 4 fully saturated rings. The van der Waals surface area contributed by atoms with Crippen molar-refractivity contribution in [1.82, 2.24) is 49.8 Å². The van der Waals surface area contributed by atoms with E-state index in [4.69, 9.17) is 47.4 Å². The minimum atomic E-state index is -1.29. The van der Waals surface area contributed by atoms with E-state index in [9.17, 15) is 52.2 Å². The van der Waals surface area contributed by atoms with Gasteiger partial charge in [-0.15, -0.1) is 22.7 Å². The van der Waals surface area contributed by atoms with Crippen molar-refractivity contribution in [1.29, 1.82) is 0 Å². The van der Waals surface area contributed by atoms with Gasteiger partial charge < -0.3 is 44.9 Å². The van der Waals surface area contributed by atoms with E-state index in [0.29, 0.717) is 107 Å². The third-order valence-corrected chi connectivity index (χ3v) is 22.0. The lowest BCUT2D eigenvalue weighted by molar-refractivity contribution is -0.142. The van der Waals surface area contributed by atoms with E-state index in [1.54, 1.807) is 68.7 Å². The Morgan fingerprint density at radius 1 is 0.611 bits per heavy atom. The number of nitrogens with one attached hydrogen (secondary N) is 2. The molecule has 0 spiro atoms. The highest BCUT2D eigenvalue weighted by molar-refractivity contribution is 7.12. The number of anilines is 2. The van der Waals surface area contributed by atoms with Gasteiger partial charge in [0.2, 0.25) is 5.88 Å². The van der Waals surface area contributed by atoms with E-state index >= 15 is 4.39 Å². The minimum Gasteiger partial charge on any atom is -0.512 e. The molecule has 4 aromatic heterocycles. The molecule has 6 aliphatic heterocycles. The van der Waals surface area contributed by atoms with Crippen LogP contribution < -0.4 is 30.7 Å². The summed E-state index contributed by atoms with van der Waals surface area (Å²) < 4.78 is 75.7. The number of hydrogen-bond donors (Lipinski definition) is 4. The average molecular weight is 1550 g/mol. The number of esters is 2. The van der Waals surface area contributed by atoms with E-state index in [1.165, 1.54) is 142 Å². The lowest BCUT2D eigenvalue weighted by Gasteiger charge is -2.38. The van der Waals surface area contributed by atoms with Crippen LogP contribution >= 0.6 is 45.9 Å². The number of carbonyl (C=O) groups excluding carboxylic acids is 4. The van der Waals surface area contributed by atoms with Gasteiger partial charge in [0, 0.05) is 145 Å². The topological polar surface area (TPSA) is 282 Å². The Balaban J connectivity index is 0.000000190. The average Bonchev–Trinajstić information content (AvgIpc) is 1.73. The number of aliphatic carboxylic acids is 1. The number of amides is 4. The summed E-state index contributed by atoms with van der Waals surface area (Å²) in [6.07, 6.45) is 6.21. The number of ether oxygens (including phenoxy) is 3. The van der Waals surface area contributed by atoms with Crippen LogP contribution in [-0.2, 0) is 34.7 Å². The van der Waals surface area contributed by atoms with Gasteiger partial charge in [-0.3, -0.25) is 43.7 Å². The summed E-state index contributed by atoms with van der Waals surface area (Å²) in [5.74, 6) is -4.10. The number of aliphatic imine (C=N–C) groups is 2. The number of carbonyl (C=O) groups is 5. The molecule has 8 aromatic rings. The Morgan fingerprint density at radius 3 is 1.56 bits per heavy atom. The molecule has 0 aliphatic carbocycles. The fraction of sp³-hybridized carbons (Fsp3) is 0.293. The van der Waals surface area contributed by atoms with Crippen molar-refractivity contribution in [2.24, 2.45) is 9.98 Å². The third kappa shape index (κ3) is 15.1. The molecule has 4 N–H and O–H groups in total. The molecule has 0 radical (unpaired) electrons. The first-order valence-electron chi connectivity index (χ1n) is 33.8. The Morgan fingerprint density at radius 2 is 1.11 bits per heavy atom. The minimum absolute atomic E-state index is 0.00366. The fourth-order valence-corrected chi connectivity index (χ4v) is 15.2. The number of pyridine rings is 2. The second-order valence-corrected chi connectivity index (χ2v) is 29.7. The molecule has 4 amide bonds. The number of thiazole rings is 2. The molecule has 0 unspecified atom stereocenters. The maximum Gasteiger partial charge on any atom is 0.338 e. The Bertz CT molecular complexity index is 5100. The molecular weight excluding hydrogens is 1480 g/mol. The number of urea groups is 2. The van der Waals surface area contributed by atoms with Crippen LogP contribution in [0.4, 0.5) is 38.5 Å². The zero-order valence-electron chi connectivity index (χ0n) is 58.8. The molecule has 4 saturated heterocycles. The molecule has 4 aromatic carbocycles. The number of aliphatic hydroxyl groups is 1. The molecule has 560 valence electrons. The highest BCUT2D eigenvalue weighted by Gasteiger charge is 2.45. The number of aromatic nitrogens is 4. The summed E-state index contributed by atoms with van der Waals surface area (Å²) in [4.78, 5) is 112. The Labute approximate surface area is 633 Å². The number of aliphatic hydroxyl groups excluding tert-OH is 1. The summed E-state index contributed by atoms with van der Waals surface area (Å²) >= 11 is 15.7. The monoisotopic (exact) mass is 1550 g/mol. The molecule has 0 saturated carbocycles. The molecule has 25 nitrogen and oxygen atoms in total. The molecule has 4 atom stereocenters. The SMILES string of the molecule is C=C(O)C(C)(C)c1ccc(-n2cc(N3C[C@@H]4CN(CC5=C(C(=O)OC)[C@H](c6ccc(F)cc6Cl)N=C(c6nccs6)N5)CCN4C3=O)ccc2=O)c(F)c1.COC(=O)C1=C(CN2CCN3C(=O)N(c4ccc(Oc5ccc(C(C)(C)C(=O)O)cc5F)nc4)C[C@@H]3C2)NC(c2nccs2)=N[C@H]1c1ccc(F)cc1Cl. The van der Waals surface area contributed by atoms with Gasteiger partial charge in [-0.05, 0) is 99.5 Å². The van der Waals surface area contributed by atoms with Crippen LogP contribution in [0.2, 0.25) is 10.0 Å². The lowest BCUT2D eigenvalue weighted by Crippen LogP contribution is -2.53. The number of methoxy groups -OCH3 is 2. The first-order valence-corrected chi connectivity index (χ1v) is 36.3. The van der Waals surface area contributed by atoms with Crippen LogP contribution in [0.5, 0.6) is 11.6 Å². The number of rotatable bonds is 19. The predicted octanol–water partition coefficient (Wildman–Crippen LogP) is 11.5.